The first kappa shape index (κ1) is 15.5. The van der Waals surface area contributed by atoms with Crippen molar-refractivity contribution >= 4 is 0 Å². The molecule has 114 valence electrons. The molecule has 0 bridgehead atoms. The Morgan fingerprint density at radius 2 is 2.15 bits per heavy atom. The van der Waals surface area contributed by atoms with Gasteiger partial charge in [0.05, 0.1) is 0 Å². The van der Waals surface area contributed by atoms with Gasteiger partial charge in [0.15, 0.2) is 0 Å². The Morgan fingerprint density at radius 1 is 1.35 bits per heavy atom. The number of nitrogens with one attached hydrogen (secondary N) is 1. The van der Waals surface area contributed by atoms with Crippen LogP contribution in [0, 0.1) is 0 Å². The summed E-state index contributed by atoms with van der Waals surface area (Å²) < 4.78 is 2.13. The summed E-state index contributed by atoms with van der Waals surface area (Å²) in [5.74, 6) is 1.16. The topological polar surface area (TPSA) is 36.3 Å². The number of aromatic nitrogens is 2. The molecule has 2 heterocycles. The number of likely N-dealkylation sites (N-methyl/N-ethyl adjacent to an activating group) is 3. The monoisotopic (exact) mass is 279 g/mol. The molecule has 2 rings (SSSR count). The van der Waals surface area contributed by atoms with Gasteiger partial charge in [0.1, 0.15) is 5.82 Å². The van der Waals surface area contributed by atoms with Crippen molar-refractivity contribution in [3.63, 3.8) is 0 Å². The summed E-state index contributed by atoms with van der Waals surface area (Å²) >= 11 is 0. The highest BCUT2D eigenvalue weighted by Crippen LogP contribution is 2.14. The normalized spacial score (nSPS) is 23.7. The van der Waals surface area contributed by atoms with Gasteiger partial charge in [-0.25, -0.2) is 4.98 Å². The van der Waals surface area contributed by atoms with Crippen molar-refractivity contribution in [1.82, 2.24) is 24.7 Å². The highest BCUT2D eigenvalue weighted by molar-refractivity contribution is 4.99. The molecule has 0 aromatic carbocycles. The number of hydrogen-bond acceptors (Lipinski definition) is 4. The van der Waals surface area contributed by atoms with Crippen molar-refractivity contribution < 1.29 is 0 Å². The molecule has 1 aliphatic heterocycles. The molecule has 2 atom stereocenters. The average molecular weight is 279 g/mol. The highest BCUT2D eigenvalue weighted by atomic mass is 15.2. The van der Waals surface area contributed by atoms with Crippen LogP contribution in [0.15, 0.2) is 12.4 Å². The van der Waals surface area contributed by atoms with Crippen LogP contribution in [0.5, 0.6) is 0 Å². The highest BCUT2D eigenvalue weighted by Gasteiger charge is 2.28. The van der Waals surface area contributed by atoms with Crippen molar-refractivity contribution in [1.29, 1.82) is 0 Å². The standard InChI is InChI=1S/C15H29N5/c1-5-16-13(11-15-17-7-10-20(15)4)14-12-18(2)8-6-9-19(14)3/h7,10,13-14,16H,5-6,8-9,11-12H2,1-4H3. The lowest BCUT2D eigenvalue weighted by molar-refractivity contribution is 0.176. The predicted molar refractivity (Wildman–Crippen MR) is 82.9 cm³/mol. The third kappa shape index (κ3) is 3.81. The molecule has 5 nitrogen and oxygen atoms in total. The van der Waals surface area contributed by atoms with Crippen LogP contribution >= 0.6 is 0 Å². The Labute approximate surface area is 123 Å². The van der Waals surface area contributed by atoms with E-state index in [0.717, 1.165) is 25.3 Å². The van der Waals surface area contributed by atoms with Crippen LogP contribution in [0.1, 0.15) is 19.2 Å². The Hall–Kier alpha value is -0.910. The van der Waals surface area contributed by atoms with Crippen LogP contribution in [-0.4, -0.2) is 71.7 Å². The fraction of sp³-hybridized carbons (Fsp3) is 0.800. The fourth-order valence-corrected chi connectivity index (χ4v) is 3.14. The molecular weight excluding hydrogens is 250 g/mol. The van der Waals surface area contributed by atoms with Gasteiger partial charge >= 0.3 is 0 Å². The maximum absolute atomic E-state index is 4.49. The number of rotatable bonds is 5. The van der Waals surface area contributed by atoms with E-state index in [9.17, 15) is 0 Å². The molecule has 20 heavy (non-hydrogen) atoms. The van der Waals surface area contributed by atoms with E-state index in [-0.39, 0.29) is 0 Å². The third-order valence-electron chi connectivity index (χ3n) is 4.37. The number of aryl methyl sites for hydroxylation is 1. The Bertz CT molecular complexity index is 403. The zero-order valence-electron chi connectivity index (χ0n) is 13.3. The van der Waals surface area contributed by atoms with Gasteiger partial charge in [-0.3, -0.25) is 0 Å². The molecule has 2 unspecified atom stereocenters. The van der Waals surface area contributed by atoms with Crippen LogP contribution in [0.2, 0.25) is 0 Å². The average Bonchev–Trinajstić information content (AvgIpc) is 2.72. The summed E-state index contributed by atoms with van der Waals surface area (Å²) in [4.78, 5) is 9.46. The second-order valence-corrected chi connectivity index (χ2v) is 5.99. The first-order valence-electron chi connectivity index (χ1n) is 7.70. The minimum Gasteiger partial charge on any atom is -0.338 e. The number of hydrogen-bond donors (Lipinski definition) is 1. The summed E-state index contributed by atoms with van der Waals surface area (Å²) in [7, 11) is 6.57. The molecule has 0 saturated carbocycles. The third-order valence-corrected chi connectivity index (χ3v) is 4.37. The molecule has 1 aromatic heterocycles. The Morgan fingerprint density at radius 3 is 2.80 bits per heavy atom. The molecule has 1 aliphatic rings. The maximum Gasteiger partial charge on any atom is 0.109 e. The van der Waals surface area contributed by atoms with Gasteiger partial charge in [-0.1, -0.05) is 6.92 Å². The molecule has 1 saturated heterocycles. The summed E-state index contributed by atoms with van der Waals surface area (Å²) in [6.07, 6.45) is 6.16. The van der Waals surface area contributed by atoms with Gasteiger partial charge in [0, 0.05) is 44.5 Å². The number of nitrogens with zero attached hydrogens (tertiary/aromatic N) is 4. The van der Waals surface area contributed by atoms with Crippen LogP contribution in [-0.2, 0) is 13.5 Å². The van der Waals surface area contributed by atoms with Gasteiger partial charge in [-0.2, -0.15) is 0 Å². The first-order valence-corrected chi connectivity index (χ1v) is 7.70. The zero-order valence-corrected chi connectivity index (χ0v) is 13.3. The quantitative estimate of drug-likeness (QED) is 0.855. The van der Waals surface area contributed by atoms with Crippen LogP contribution in [0.4, 0.5) is 0 Å². The minimum absolute atomic E-state index is 0.451. The predicted octanol–water partition coefficient (Wildman–Crippen LogP) is 0.577. The summed E-state index contributed by atoms with van der Waals surface area (Å²) in [5.41, 5.74) is 0. The molecule has 0 aliphatic carbocycles. The van der Waals surface area contributed by atoms with E-state index < -0.39 is 0 Å². The van der Waals surface area contributed by atoms with Crippen molar-refractivity contribution in [3.05, 3.63) is 18.2 Å². The van der Waals surface area contributed by atoms with Crippen molar-refractivity contribution in [2.75, 3.05) is 40.3 Å². The van der Waals surface area contributed by atoms with E-state index in [1.165, 1.54) is 19.5 Å². The SMILES string of the molecule is CCNC(Cc1nccn1C)C1CN(C)CCCN1C. The number of imidazole rings is 1. The Balaban J connectivity index is 2.11. The van der Waals surface area contributed by atoms with Gasteiger partial charge in [-0.15, -0.1) is 0 Å². The lowest BCUT2D eigenvalue weighted by Gasteiger charge is -2.35. The summed E-state index contributed by atoms with van der Waals surface area (Å²) in [6.45, 7) is 6.69. The lowest BCUT2D eigenvalue weighted by Crippen LogP contribution is -2.53. The van der Waals surface area contributed by atoms with Crippen molar-refractivity contribution in [3.8, 4) is 0 Å². The van der Waals surface area contributed by atoms with E-state index in [0.29, 0.717) is 12.1 Å². The van der Waals surface area contributed by atoms with Crippen LogP contribution < -0.4 is 5.32 Å². The molecular formula is C15H29N5. The van der Waals surface area contributed by atoms with E-state index >= 15 is 0 Å². The molecule has 0 amide bonds. The Kier molecular flexibility index (Phi) is 5.57. The van der Waals surface area contributed by atoms with E-state index in [4.69, 9.17) is 0 Å². The molecule has 1 aromatic rings. The minimum atomic E-state index is 0.451. The molecule has 1 fully saturated rings. The second-order valence-electron chi connectivity index (χ2n) is 5.99. The van der Waals surface area contributed by atoms with Crippen molar-refractivity contribution in [2.45, 2.75) is 31.8 Å². The molecule has 5 heteroatoms. The fourth-order valence-electron chi connectivity index (χ4n) is 3.14. The van der Waals surface area contributed by atoms with E-state index in [1.54, 1.807) is 0 Å². The van der Waals surface area contributed by atoms with Crippen molar-refractivity contribution in [2.24, 2.45) is 7.05 Å². The largest absolute Gasteiger partial charge is 0.338 e. The van der Waals surface area contributed by atoms with Gasteiger partial charge < -0.3 is 19.7 Å². The van der Waals surface area contributed by atoms with E-state index in [2.05, 4.69) is 52.7 Å². The lowest BCUT2D eigenvalue weighted by atomic mass is 10.0. The summed E-state index contributed by atoms with van der Waals surface area (Å²) in [5, 5.41) is 3.67. The van der Waals surface area contributed by atoms with Gasteiger partial charge in [0.2, 0.25) is 0 Å². The smallest absolute Gasteiger partial charge is 0.109 e. The second kappa shape index (κ2) is 7.20. The van der Waals surface area contributed by atoms with E-state index in [1.807, 2.05) is 12.4 Å². The van der Waals surface area contributed by atoms with Crippen LogP contribution in [0.25, 0.3) is 0 Å². The van der Waals surface area contributed by atoms with Crippen LogP contribution in [0.3, 0.4) is 0 Å². The summed E-state index contributed by atoms with van der Waals surface area (Å²) in [6, 6.07) is 0.991. The first-order chi connectivity index (χ1) is 9.61. The van der Waals surface area contributed by atoms with Gasteiger partial charge in [0.25, 0.3) is 0 Å². The zero-order chi connectivity index (χ0) is 14.5. The molecule has 0 radical (unpaired) electrons. The maximum atomic E-state index is 4.49. The molecule has 0 spiro atoms. The van der Waals surface area contributed by atoms with Gasteiger partial charge in [-0.05, 0) is 40.2 Å². The molecule has 1 N–H and O–H groups in total.